The van der Waals surface area contributed by atoms with E-state index in [4.69, 9.17) is 5.26 Å². The average Bonchev–Trinajstić information content (AvgIpc) is 2.36. The molecular weight excluding hydrogens is 218 g/mol. The standard InChI is InChI=1S/C12H13N3O2/c1-9(7-13)15-11(16)8-14-12(17)10-5-3-2-4-6-10/h2-6,9H,8H2,1H3,(H,14,17)(H,15,16). The largest absolute Gasteiger partial charge is 0.343 e. The minimum Gasteiger partial charge on any atom is -0.343 e. The second-order valence-electron chi connectivity index (χ2n) is 3.47. The molecule has 0 heterocycles. The van der Waals surface area contributed by atoms with E-state index in [0.717, 1.165) is 0 Å². The molecule has 1 unspecified atom stereocenters. The van der Waals surface area contributed by atoms with Crippen LogP contribution in [0.4, 0.5) is 0 Å². The number of benzene rings is 1. The molecule has 0 radical (unpaired) electrons. The van der Waals surface area contributed by atoms with Gasteiger partial charge in [-0.2, -0.15) is 5.26 Å². The highest BCUT2D eigenvalue weighted by molar-refractivity contribution is 5.96. The van der Waals surface area contributed by atoms with Gasteiger partial charge in [-0.3, -0.25) is 9.59 Å². The van der Waals surface area contributed by atoms with Gasteiger partial charge in [-0.15, -0.1) is 0 Å². The van der Waals surface area contributed by atoms with Crippen LogP contribution < -0.4 is 10.6 Å². The van der Waals surface area contributed by atoms with E-state index in [0.29, 0.717) is 5.56 Å². The number of rotatable bonds is 4. The highest BCUT2D eigenvalue weighted by atomic mass is 16.2. The van der Waals surface area contributed by atoms with Gasteiger partial charge < -0.3 is 10.6 Å². The molecule has 0 fully saturated rings. The van der Waals surface area contributed by atoms with Gasteiger partial charge >= 0.3 is 0 Å². The molecule has 0 spiro atoms. The van der Waals surface area contributed by atoms with Crippen molar-refractivity contribution >= 4 is 11.8 Å². The topological polar surface area (TPSA) is 82.0 Å². The van der Waals surface area contributed by atoms with E-state index < -0.39 is 6.04 Å². The SMILES string of the molecule is CC(C#N)NC(=O)CNC(=O)c1ccccc1. The van der Waals surface area contributed by atoms with Crippen LogP contribution in [0.15, 0.2) is 30.3 Å². The third-order valence-electron chi connectivity index (χ3n) is 2.02. The monoisotopic (exact) mass is 231 g/mol. The Balaban J connectivity index is 2.39. The first-order valence-corrected chi connectivity index (χ1v) is 5.15. The summed E-state index contributed by atoms with van der Waals surface area (Å²) >= 11 is 0. The quantitative estimate of drug-likeness (QED) is 0.789. The molecule has 0 saturated carbocycles. The zero-order valence-electron chi connectivity index (χ0n) is 9.43. The van der Waals surface area contributed by atoms with E-state index in [9.17, 15) is 9.59 Å². The maximum atomic E-state index is 11.5. The molecule has 0 aliphatic heterocycles. The molecule has 1 aromatic rings. The number of nitriles is 1. The van der Waals surface area contributed by atoms with Crippen LogP contribution in [0.25, 0.3) is 0 Å². The van der Waals surface area contributed by atoms with Crippen molar-refractivity contribution in [1.82, 2.24) is 10.6 Å². The van der Waals surface area contributed by atoms with E-state index >= 15 is 0 Å². The fraction of sp³-hybridized carbons (Fsp3) is 0.250. The Morgan fingerprint density at radius 1 is 1.35 bits per heavy atom. The van der Waals surface area contributed by atoms with Crippen molar-refractivity contribution in [3.8, 4) is 6.07 Å². The molecule has 0 aromatic heterocycles. The number of carbonyl (C=O) groups is 2. The van der Waals surface area contributed by atoms with Crippen molar-refractivity contribution in [1.29, 1.82) is 5.26 Å². The van der Waals surface area contributed by atoms with Gasteiger partial charge in [0.25, 0.3) is 5.91 Å². The summed E-state index contributed by atoms with van der Waals surface area (Å²) < 4.78 is 0. The molecule has 17 heavy (non-hydrogen) atoms. The zero-order valence-corrected chi connectivity index (χ0v) is 9.43. The molecule has 2 amide bonds. The number of nitrogens with one attached hydrogen (secondary N) is 2. The number of amides is 2. The second-order valence-corrected chi connectivity index (χ2v) is 3.47. The molecular formula is C12H13N3O2. The van der Waals surface area contributed by atoms with Gasteiger partial charge in [0.05, 0.1) is 12.6 Å². The summed E-state index contributed by atoms with van der Waals surface area (Å²) in [5.41, 5.74) is 0.494. The lowest BCUT2D eigenvalue weighted by atomic mass is 10.2. The number of hydrogen-bond acceptors (Lipinski definition) is 3. The first kappa shape index (κ1) is 12.7. The number of hydrogen-bond donors (Lipinski definition) is 2. The minimum absolute atomic E-state index is 0.139. The predicted molar refractivity (Wildman–Crippen MR) is 62.0 cm³/mol. The van der Waals surface area contributed by atoms with Gasteiger partial charge in [0.2, 0.25) is 5.91 Å². The van der Waals surface area contributed by atoms with Crippen molar-refractivity contribution in [2.45, 2.75) is 13.0 Å². The predicted octanol–water partition coefficient (Wildman–Crippen LogP) is 0.445. The van der Waals surface area contributed by atoms with Gasteiger partial charge in [-0.25, -0.2) is 0 Å². The maximum Gasteiger partial charge on any atom is 0.251 e. The van der Waals surface area contributed by atoms with Gasteiger partial charge in [-0.05, 0) is 19.1 Å². The lowest BCUT2D eigenvalue weighted by Crippen LogP contribution is -2.40. The average molecular weight is 231 g/mol. The van der Waals surface area contributed by atoms with Crippen molar-refractivity contribution in [2.75, 3.05) is 6.54 Å². The third-order valence-corrected chi connectivity index (χ3v) is 2.02. The van der Waals surface area contributed by atoms with Crippen LogP contribution in [0, 0.1) is 11.3 Å². The van der Waals surface area contributed by atoms with E-state index in [1.165, 1.54) is 0 Å². The van der Waals surface area contributed by atoms with E-state index in [1.807, 2.05) is 6.07 Å². The van der Waals surface area contributed by atoms with Crippen LogP contribution in [0.1, 0.15) is 17.3 Å². The van der Waals surface area contributed by atoms with Gasteiger partial charge in [0.15, 0.2) is 0 Å². The van der Waals surface area contributed by atoms with Crippen molar-refractivity contribution in [3.63, 3.8) is 0 Å². The summed E-state index contributed by atoms with van der Waals surface area (Å²) in [6.07, 6.45) is 0. The Hall–Kier alpha value is -2.35. The molecule has 1 rings (SSSR count). The Labute approximate surface area is 99.4 Å². The second kappa shape index (κ2) is 6.28. The molecule has 0 bridgehead atoms. The summed E-state index contributed by atoms with van der Waals surface area (Å²) in [6.45, 7) is 1.43. The van der Waals surface area contributed by atoms with Crippen molar-refractivity contribution < 1.29 is 9.59 Å². The first-order valence-electron chi connectivity index (χ1n) is 5.15. The van der Waals surface area contributed by atoms with Crippen molar-refractivity contribution in [3.05, 3.63) is 35.9 Å². The van der Waals surface area contributed by atoms with E-state index in [-0.39, 0.29) is 18.4 Å². The highest BCUT2D eigenvalue weighted by Crippen LogP contribution is 1.97. The zero-order chi connectivity index (χ0) is 12.7. The number of nitrogens with zero attached hydrogens (tertiary/aromatic N) is 1. The molecule has 0 saturated heterocycles. The minimum atomic E-state index is -0.559. The fourth-order valence-electron chi connectivity index (χ4n) is 1.18. The normalized spacial score (nSPS) is 11.1. The highest BCUT2D eigenvalue weighted by Gasteiger charge is 2.08. The molecule has 2 N–H and O–H groups in total. The van der Waals surface area contributed by atoms with Gasteiger partial charge in [-0.1, -0.05) is 18.2 Å². The summed E-state index contributed by atoms with van der Waals surface area (Å²) in [6, 6.07) is 9.92. The molecule has 1 aromatic carbocycles. The summed E-state index contributed by atoms with van der Waals surface area (Å²) in [5.74, 6) is -0.700. The summed E-state index contributed by atoms with van der Waals surface area (Å²) in [7, 11) is 0. The lowest BCUT2D eigenvalue weighted by molar-refractivity contribution is -0.120. The van der Waals surface area contributed by atoms with Crippen LogP contribution >= 0.6 is 0 Å². The Morgan fingerprint density at radius 2 is 2.00 bits per heavy atom. The molecule has 5 heteroatoms. The fourth-order valence-corrected chi connectivity index (χ4v) is 1.18. The van der Waals surface area contributed by atoms with Gasteiger partial charge in [0.1, 0.15) is 6.04 Å². The van der Waals surface area contributed by atoms with Crippen LogP contribution in [0.3, 0.4) is 0 Å². The smallest absolute Gasteiger partial charge is 0.251 e. The van der Waals surface area contributed by atoms with Crippen LogP contribution in [-0.4, -0.2) is 24.4 Å². The summed E-state index contributed by atoms with van der Waals surface area (Å²) in [5, 5.41) is 13.4. The third kappa shape index (κ3) is 4.34. The van der Waals surface area contributed by atoms with E-state index in [2.05, 4.69) is 10.6 Å². The van der Waals surface area contributed by atoms with Crippen LogP contribution in [0.5, 0.6) is 0 Å². The molecule has 1 atom stereocenters. The Kier molecular flexibility index (Phi) is 4.70. The Bertz CT molecular complexity index is 437. The molecule has 0 aliphatic carbocycles. The molecule has 88 valence electrons. The van der Waals surface area contributed by atoms with Gasteiger partial charge in [0, 0.05) is 5.56 Å². The van der Waals surface area contributed by atoms with Crippen LogP contribution in [-0.2, 0) is 4.79 Å². The summed E-state index contributed by atoms with van der Waals surface area (Å²) in [4.78, 5) is 22.8. The Morgan fingerprint density at radius 3 is 2.59 bits per heavy atom. The maximum absolute atomic E-state index is 11.5. The molecule has 0 aliphatic rings. The van der Waals surface area contributed by atoms with Crippen molar-refractivity contribution in [2.24, 2.45) is 0 Å². The molecule has 5 nitrogen and oxygen atoms in total. The first-order chi connectivity index (χ1) is 8.13. The lowest BCUT2D eigenvalue weighted by Gasteiger charge is -2.07. The van der Waals surface area contributed by atoms with Crippen LogP contribution in [0.2, 0.25) is 0 Å². The number of carbonyl (C=O) groups excluding carboxylic acids is 2. The van der Waals surface area contributed by atoms with E-state index in [1.54, 1.807) is 37.3 Å².